The topological polar surface area (TPSA) is 243 Å². The molecule has 0 spiro atoms. The predicted molar refractivity (Wildman–Crippen MR) is 192 cm³/mol. The molecule has 3 fully saturated rings. The van der Waals surface area contributed by atoms with Crippen molar-refractivity contribution in [1.29, 1.82) is 0 Å². The van der Waals surface area contributed by atoms with Crippen LogP contribution in [0.3, 0.4) is 0 Å². The predicted octanol–water partition coefficient (Wildman–Crippen LogP) is -0.534. The maximum atomic E-state index is 11.7. The van der Waals surface area contributed by atoms with Crippen LogP contribution in [-0.2, 0) is 52.1 Å². The van der Waals surface area contributed by atoms with E-state index >= 15 is 0 Å². The highest BCUT2D eigenvalue weighted by molar-refractivity contribution is 4.97. The number of aliphatic hydroxyl groups excluding tert-OH is 7. The van der Waals surface area contributed by atoms with Gasteiger partial charge in [-0.15, -0.1) is 0 Å². The van der Waals surface area contributed by atoms with Crippen LogP contribution in [0.4, 0.5) is 0 Å². The van der Waals surface area contributed by atoms with E-state index in [4.69, 9.17) is 52.1 Å². The lowest BCUT2D eigenvalue weighted by Gasteiger charge is -2.49. The van der Waals surface area contributed by atoms with Gasteiger partial charge in [0.15, 0.2) is 18.9 Å². The number of aliphatic hydroxyl groups is 7. The summed E-state index contributed by atoms with van der Waals surface area (Å²) in [7, 11) is 5.52. The van der Waals surface area contributed by atoms with E-state index in [1.807, 2.05) is 0 Å². The Morgan fingerprint density at radius 1 is 0.537 bits per heavy atom. The molecule has 0 radical (unpaired) electrons. The minimum Gasteiger partial charge on any atom is -0.391 e. The molecule has 54 heavy (non-hydrogen) atoms. The summed E-state index contributed by atoms with van der Waals surface area (Å²) in [6.45, 7) is 11.4. The summed E-state index contributed by atoms with van der Waals surface area (Å²) >= 11 is 0. The van der Waals surface area contributed by atoms with Gasteiger partial charge in [0, 0.05) is 28.4 Å². The van der Waals surface area contributed by atoms with Crippen molar-refractivity contribution in [3.05, 3.63) is 0 Å². The molecule has 17 atom stereocenters. The van der Waals surface area contributed by atoms with Gasteiger partial charge in [-0.25, -0.2) is 0 Å². The van der Waals surface area contributed by atoms with Crippen molar-refractivity contribution in [3.63, 3.8) is 0 Å². The van der Waals surface area contributed by atoms with Crippen molar-refractivity contribution in [3.8, 4) is 0 Å². The molecule has 7 N–H and O–H groups in total. The van der Waals surface area contributed by atoms with Crippen molar-refractivity contribution < 1.29 is 87.9 Å². The van der Waals surface area contributed by atoms with Crippen LogP contribution in [0.25, 0.3) is 0 Å². The minimum absolute atomic E-state index is 0.0378. The van der Waals surface area contributed by atoms with Gasteiger partial charge in [0.2, 0.25) is 0 Å². The molecule has 0 saturated carbocycles. The summed E-state index contributed by atoms with van der Waals surface area (Å²) in [5.74, 6) is 0. The summed E-state index contributed by atoms with van der Waals surface area (Å²) in [4.78, 5) is 0. The highest BCUT2D eigenvalue weighted by Gasteiger charge is 2.54. The van der Waals surface area contributed by atoms with Crippen molar-refractivity contribution in [2.24, 2.45) is 0 Å². The summed E-state index contributed by atoms with van der Waals surface area (Å²) in [5.41, 5.74) is 0. The Morgan fingerprint density at radius 2 is 1.02 bits per heavy atom. The number of unbranched alkanes of at least 4 members (excludes halogenated alkanes) is 2. The molecule has 3 heterocycles. The standard InChI is InChI=1S/C28H52O18.2C4H10/c1-12(29)7-40-11-14-17(30)18(31)24(39-6)27(43-14)46-23-16(10-37-4)44-28(25(21(23)34)41-8-13(2)38-5)45-22-15(9-36-3)42-26(35)20(33)19(22)32;2*1-3-4-2/h12-35H,7-11H2,1-6H3;2*3-4H2,1-2H3/t12?,13?,14-,15-,16?,17+,18?,19?,20?,21-,22+,23+,24?,25?,26+,27-,28-;;/m0../s1. The summed E-state index contributed by atoms with van der Waals surface area (Å²) < 4.78 is 62.4. The first-order valence-corrected chi connectivity index (χ1v) is 19.0. The molecule has 0 amide bonds. The third-order valence-corrected chi connectivity index (χ3v) is 9.00. The third kappa shape index (κ3) is 15.9. The molecule has 3 rings (SSSR count). The van der Waals surface area contributed by atoms with Gasteiger partial charge in [-0.05, 0) is 13.8 Å². The van der Waals surface area contributed by atoms with Crippen molar-refractivity contribution in [1.82, 2.24) is 0 Å². The number of hydrogen-bond donors (Lipinski definition) is 7. The van der Waals surface area contributed by atoms with Gasteiger partial charge in [0.25, 0.3) is 0 Å². The first-order valence-electron chi connectivity index (χ1n) is 19.0. The third-order valence-electron chi connectivity index (χ3n) is 9.00. The molecule has 3 saturated heterocycles. The minimum atomic E-state index is -1.72. The second kappa shape index (κ2) is 27.8. The lowest BCUT2D eigenvalue weighted by molar-refractivity contribution is -0.383. The number of methoxy groups -OCH3 is 4. The SMILES string of the molecule is CCCC.CCCC.COCC1O[C@@H](O[C@H]2C(O)C(O)[C@H](O)O[C@H]2COC)C(OCC(C)OC)[C@@H](O)[C@@H]1O[C@@H]1O[C@@H](COCC(C)O)[C@@H](O)C(O)C1OC. The van der Waals surface area contributed by atoms with E-state index in [2.05, 4.69) is 27.7 Å². The van der Waals surface area contributed by atoms with E-state index < -0.39 is 104 Å². The van der Waals surface area contributed by atoms with Gasteiger partial charge in [-0.3, -0.25) is 0 Å². The second-order valence-corrected chi connectivity index (χ2v) is 13.6. The molecule has 3 aliphatic heterocycles. The van der Waals surface area contributed by atoms with E-state index in [1.54, 1.807) is 6.92 Å². The number of ether oxygens (including phenoxy) is 11. The fourth-order valence-corrected chi connectivity index (χ4v) is 5.42. The molecular formula is C36H72O18. The van der Waals surface area contributed by atoms with Crippen LogP contribution >= 0.6 is 0 Å². The van der Waals surface area contributed by atoms with E-state index in [1.165, 1.54) is 61.0 Å². The van der Waals surface area contributed by atoms with Crippen LogP contribution in [0.15, 0.2) is 0 Å². The monoisotopic (exact) mass is 792 g/mol. The zero-order valence-corrected chi connectivity index (χ0v) is 33.8. The Hall–Kier alpha value is -0.720. The fourth-order valence-electron chi connectivity index (χ4n) is 5.42. The Balaban J connectivity index is 0.00000165. The van der Waals surface area contributed by atoms with Crippen molar-refractivity contribution in [2.45, 2.75) is 172 Å². The van der Waals surface area contributed by atoms with Crippen LogP contribution in [0, 0.1) is 0 Å². The zero-order chi connectivity index (χ0) is 41.0. The van der Waals surface area contributed by atoms with Crippen LogP contribution in [0.2, 0.25) is 0 Å². The van der Waals surface area contributed by atoms with Gasteiger partial charge >= 0.3 is 0 Å². The van der Waals surface area contributed by atoms with Crippen LogP contribution in [0.5, 0.6) is 0 Å². The molecule has 8 unspecified atom stereocenters. The average Bonchev–Trinajstić information content (AvgIpc) is 3.15. The van der Waals surface area contributed by atoms with Gasteiger partial charge < -0.3 is 87.9 Å². The van der Waals surface area contributed by atoms with E-state index in [-0.39, 0.29) is 33.0 Å². The largest absolute Gasteiger partial charge is 0.391 e. The smallest absolute Gasteiger partial charge is 0.187 e. The van der Waals surface area contributed by atoms with Gasteiger partial charge in [0.1, 0.15) is 73.2 Å². The molecule has 0 aromatic carbocycles. The van der Waals surface area contributed by atoms with E-state index in [9.17, 15) is 35.7 Å². The Bertz CT molecular complexity index is 913. The average molecular weight is 793 g/mol. The normalized spacial score (nSPS) is 38.1. The summed E-state index contributed by atoms with van der Waals surface area (Å²) in [6, 6.07) is 0. The molecule has 0 aromatic rings. The molecule has 324 valence electrons. The van der Waals surface area contributed by atoms with Crippen LogP contribution < -0.4 is 0 Å². The molecule has 0 bridgehead atoms. The van der Waals surface area contributed by atoms with Crippen LogP contribution in [-0.4, -0.2) is 202 Å². The molecule has 0 aliphatic carbocycles. The maximum absolute atomic E-state index is 11.7. The Morgan fingerprint density at radius 3 is 1.50 bits per heavy atom. The molecule has 3 aliphatic rings. The highest BCUT2D eigenvalue weighted by atomic mass is 16.8. The zero-order valence-electron chi connectivity index (χ0n) is 33.8. The Labute approximate surface area is 320 Å². The van der Waals surface area contributed by atoms with E-state index in [0.717, 1.165) is 0 Å². The molecule has 18 heteroatoms. The first-order chi connectivity index (χ1) is 25.7. The van der Waals surface area contributed by atoms with Gasteiger partial charge in [-0.2, -0.15) is 0 Å². The molecule has 0 aromatic heterocycles. The summed E-state index contributed by atoms with van der Waals surface area (Å²) in [6.07, 6.45) is -16.5. The lowest BCUT2D eigenvalue weighted by atomic mass is 9.95. The van der Waals surface area contributed by atoms with Gasteiger partial charge in [0.05, 0.1) is 45.2 Å². The summed E-state index contributed by atoms with van der Waals surface area (Å²) in [5, 5.41) is 73.9. The molecular weight excluding hydrogens is 720 g/mol. The fraction of sp³-hybridized carbons (Fsp3) is 1.00. The molecule has 18 nitrogen and oxygen atoms in total. The lowest BCUT2D eigenvalue weighted by Crippen LogP contribution is -2.67. The number of hydrogen-bond acceptors (Lipinski definition) is 18. The van der Waals surface area contributed by atoms with E-state index in [0.29, 0.717) is 0 Å². The Kier molecular flexibility index (Phi) is 26.4. The quantitative estimate of drug-likeness (QED) is 0.0869. The highest BCUT2D eigenvalue weighted by Crippen LogP contribution is 2.34. The van der Waals surface area contributed by atoms with Gasteiger partial charge in [-0.1, -0.05) is 53.4 Å². The van der Waals surface area contributed by atoms with Crippen molar-refractivity contribution >= 4 is 0 Å². The van der Waals surface area contributed by atoms with Crippen LogP contribution in [0.1, 0.15) is 67.2 Å². The van der Waals surface area contributed by atoms with Crippen molar-refractivity contribution in [2.75, 3.05) is 61.5 Å². The maximum Gasteiger partial charge on any atom is 0.187 e. The first kappa shape index (κ1) is 51.3. The second-order valence-electron chi connectivity index (χ2n) is 13.6. The number of rotatable bonds is 19.